The first kappa shape index (κ1) is 16.6. The summed E-state index contributed by atoms with van der Waals surface area (Å²) < 4.78 is 0. The number of carbonyl (C=O) groups excluding carboxylic acids is 3. The Kier molecular flexibility index (Phi) is 4.66. The summed E-state index contributed by atoms with van der Waals surface area (Å²) in [7, 11) is 0. The average molecular weight is 329 g/mol. The van der Waals surface area contributed by atoms with E-state index >= 15 is 0 Å². The molecule has 0 bridgehead atoms. The number of imide groups is 1. The Hall–Kier alpha value is -2.21. The molecule has 0 atom stereocenters. The molecule has 128 valence electrons. The average Bonchev–Trinajstić information content (AvgIpc) is 2.84. The van der Waals surface area contributed by atoms with E-state index in [1.54, 1.807) is 24.3 Å². The number of rotatable bonds is 4. The lowest BCUT2D eigenvalue weighted by atomic mass is 10.1. The fourth-order valence-electron chi connectivity index (χ4n) is 3.24. The van der Waals surface area contributed by atoms with Crippen LogP contribution in [0.4, 0.5) is 0 Å². The molecule has 0 saturated carbocycles. The standard InChI is InChI=1S/C18H23N3O3/c1-13(2)16(22)20-10-7-19(8-11-20)9-12-21-17(23)14-5-3-4-6-15(14)18(21)24/h3-6,13H,7-12H2,1-2H3. The van der Waals surface area contributed by atoms with Crippen LogP contribution in [0.5, 0.6) is 0 Å². The van der Waals surface area contributed by atoms with Crippen LogP contribution < -0.4 is 0 Å². The highest BCUT2D eigenvalue weighted by atomic mass is 16.2. The van der Waals surface area contributed by atoms with Crippen molar-refractivity contribution in [2.24, 2.45) is 5.92 Å². The second-order valence-electron chi connectivity index (χ2n) is 6.63. The van der Waals surface area contributed by atoms with Crippen LogP contribution in [-0.2, 0) is 4.79 Å². The topological polar surface area (TPSA) is 60.9 Å². The molecular weight excluding hydrogens is 306 g/mol. The molecule has 0 spiro atoms. The minimum absolute atomic E-state index is 0.0231. The van der Waals surface area contributed by atoms with Crippen LogP contribution in [0.1, 0.15) is 34.6 Å². The first-order valence-electron chi connectivity index (χ1n) is 8.45. The number of benzene rings is 1. The quantitative estimate of drug-likeness (QED) is 0.776. The Morgan fingerprint density at radius 1 is 0.958 bits per heavy atom. The summed E-state index contributed by atoms with van der Waals surface area (Å²) in [5, 5.41) is 0. The highest BCUT2D eigenvalue weighted by molar-refractivity contribution is 6.21. The predicted molar refractivity (Wildman–Crippen MR) is 89.7 cm³/mol. The van der Waals surface area contributed by atoms with E-state index in [9.17, 15) is 14.4 Å². The normalized spacial score (nSPS) is 18.5. The smallest absolute Gasteiger partial charge is 0.261 e. The van der Waals surface area contributed by atoms with Gasteiger partial charge in [-0.15, -0.1) is 0 Å². The monoisotopic (exact) mass is 329 g/mol. The molecule has 3 rings (SSSR count). The highest BCUT2D eigenvalue weighted by Crippen LogP contribution is 2.22. The van der Waals surface area contributed by atoms with Crippen LogP contribution in [0.25, 0.3) is 0 Å². The zero-order valence-corrected chi connectivity index (χ0v) is 14.2. The number of amides is 3. The van der Waals surface area contributed by atoms with Gasteiger partial charge in [0.15, 0.2) is 0 Å². The van der Waals surface area contributed by atoms with Gasteiger partial charge in [-0.25, -0.2) is 0 Å². The van der Waals surface area contributed by atoms with Gasteiger partial charge >= 0.3 is 0 Å². The van der Waals surface area contributed by atoms with Gasteiger partial charge in [0.25, 0.3) is 11.8 Å². The third kappa shape index (κ3) is 3.06. The molecule has 2 aliphatic rings. The molecule has 0 N–H and O–H groups in total. The van der Waals surface area contributed by atoms with Gasteiger partial charge in [-0.2, -0.15) is 0 Å². The zero-order chi connectivity index (χ0) is 17.3. The third-order valence-electron chi connectivity index (χ3n) is 4.70. The molecule has 6 heteroatoms. The largest absolute Gasteiger partial charge is 0.340 e. The maximum absolute atomic E-state index is 12.3. The van der Waals surface area contributed by atoms with Gasteiger partial charge in [-0.05, 0) is 12.1 Å². The number of carbonyl (C=O) groups is 3. The van der Waals surface area contributed by atoms with E-state index in [0.717, 1.165) is 13.1 Å². The summed E-state index contributed by atoms with van der Waals surface area (Å²) in [6, 6.07) is 6.95. The summed E-state index contributed by atoms with van der Waals surface area (Å²) in [5.41, 5.74) is 0.990. The van der Waals surface area contributed by atoms with Gasteiger partial charge in [0.2, 0.25) is 5.91 Å². The Morgan fingerprint density at radius 3 is 2.00 bits per heavy atom. The molecule has 0 radical (unpaired) electrons. The number of piperazine rings is 1. The fraction of sp³-hybridized carbons (Fsp3) is 0.500. The lowest BCUT2D eigenvalue weighted by Crippen LogP contribution is -2.51. The van der Waals surface area contributed by atoms with Crippen molar-refractivity contribution >= 4 is 17.7 Å². The molecule has 2 heterocycles. The van der Waals surface area contributed by atoms with Crippen molar-refractivity contribution in [1.29, 1.82) is 0 Å². The van der Waals surface area contributed by atoms with E-state index in [4.69, 9.17) is 0 Å². The van der Waals surface area contributed by atoms with Gasteiger partial charge in [-0.1, -0.05) is 26.0 Å². The molecule has 1 fully saturated rings. The van der Waals surface area contributed by atoms with Crippen LogP contribution in [-0.4, -0.2) is 71.7 Å². The van der Waals surface area contributed by atoms with E-state index < -0.39 is 0 Å². The van der Waals surface area contributed by atoms with Crippen molar-refractivity contribution in [3.8, 4) is 0 Å². The molecule has 0 unspecified atom stereocenters. The highest BCUT2D eigenvalue weighted by Gasteiger charge is 2.35. The first-order valence-corrected chi connectivity index (χ1v) is 8.45. The second kappa shape index (κ2) is 6.73. The molecule has 24 heavy (non-hydrogen) atoms. The molecule has 6 nitrogen and oxygen atoms in total. The van der Waals surface area contributed by atoms with Crippen molar-refractivity contribution in [3.05, 3.63) is 35.4 Å². The second-order valence-corrected chi connectivity index (χ2v) is 6.63. The van der Waals surface area contributed by atoms with Crippen molar-refractivity contribution < 1.29 is 14.4 Å². The van der Waals surface area contributed by atoms with Gasteiger partial charge in [0, 0.05) is 45.2 Å². The molecule has 3 amide bonds. The van der Waals surface area contributed by atoms with E-state index in [-0.39, 0.29) is 23.6 Å². The number of hydrogen-bond donors (Lipinski definition) is 0. The predicted octanol–water partition coefficient (Wildman–Crippen LogP) is 1.08. The summed E-state index contributed by atoms with van der Waals surface area (Å²) in [5.74, 6) is -0.196. The van der Waals surface area contributed by atoms with E-state index in [2.05, 4.69) is 4.90 Å². The molecule has 2 aliphatic heterocycles. The zero-order valence-electron chi connectivity index (χ0n) is 14.2. The molecule has 0 aliphatic carbocycles. The Labute approximate surface area is 142 Å². The van der Waals surface area contributed by atoms with Crippen LogP contribution in [0.2, 0.25) is 0 Å². The Morgan fingerprint density at radius 2 is 1.50 bits per heavy atom. The Balaban J connectivity index is 1.52. The van der Waals surface area contributed by atoms with Crippen molar-refractivity contribution in [2.75, 3.05) is 39.3 Å². The maximum Gasteiger partial charge on any atom is 0.261 e. The van der Waals surface area contributed by atoms with Gasteiger partial charge in [0.1, 0.15) is 0 Å². The fourth-order valence-corrected chi connectivity index (χ4v) is 3.24. The first-order chi connectivity index (χ1) is 11.5. The molecule has 1 aromatic carbocycles. The van der Waals surface area contributed by atoms with E-state index in [0.29, 0.717) is 37.3 Å². The summed E-state index contributed by atoms with van der Waals surface area (Å²) in [6.45, 7) is 7.84. The van der Waals surface area contributed by atoms with E-state index in [1.165, 1.54) is 4.90 Å². The number of nitrogens with zero attached hydrogens (tertiary/aromatic N) is 3. The van der Waals surface area contributed by atoms with E-state index in [1.807, 2.05) is 18.7 Å². The molecular formula is C18H23N3O3. The molecule has 1 aromatic rings. The lowest BCUT2D eigenvalue weighted by Gasteiger charge is -2.36. The van der Waals surface area contributed by atoms with Gasteiger partial charge in [-0.3, -0.25) is 24.2 Å². The Bertz CT molecular complexity index is 628. The molecule has 1 saturated heterocycles. The van der Waals surface area contributed by atoms with Crippen molar-refractivity contribution in [1.82, 2.24) is 14.7 Å². The van der Waals surface area contributed by atoms with Crippen LogP contribution >= 0.6 is 0 Å². The van der Waals surface area contributed by atoms with Gasteiger partial charge in [0.05, 0.1) is 11.1 Å². The minimum Gasteiger partial charge on any atom is -0.340 e. The number of fused-ring (bicyclic) bond motifs is 1. The van der Waals surface area contributed by atoms with Gasteiger partial charge < -0.3 is 4.90 Å². The summed E-state index contributed by atoms with van der Waals surface area (Å²) in [6.07, 6.45) is 0. The summed E-state index contributed by atoms with van der Waals surface area (Å²) >= 11 is 0. The number of hydrogen-bond acceptors (Lipinski definition) is 4. The van der Waals surface area contributed by atoms with Crippen LogP contribution in [0, 0.1) is 5.92 Å². The lowest BCUT2D eigenvalue weighted by molar-refractivity contribution is -0.136. The summed E-state index contributed by atoms with van der Waals surface area (Å²) in [4.78, 5) is 42.1. The molecule has 0 aromatic heterocycles. The van der Waals surface area contributed by atoms with Crippen molar-refractivity contribution in [3.63, 3.8) is 0 Å². The van der Waals surface area contributed by atoms with Crippen LogP contribution in [0.3, 0.4) is 0 Å². The third-order valence-corrected chi connectivity index (χ3v) is 4.70. The van der Waals surface area contributed by atoms with Crippen LogP contribution in [0.15, 0.2) is 24.3 Å². The minimum atomic E-state index is -0.204. The maximum atomic E-state index is 12.3. The SMILES string of the molecule is CC(C)C(=O)N1CCN(CCN2C(=O)c3ccccc3C2=O)CC1. The van der Waals surface area contributed by atoms with Crippen molar-refractivity contribution in [2.45, 2.75) is 13.8 Å².